The second-order valence-electron chi connectivity index (χ2n) is 6.76. The molecule has 0 aliphatic carbocycles. The third-order valence-corrected chi connectivity index (χ3v) is 5.03. The molecule has 0 aliphatic heterocycles. The van der Waals surface area contributed by atoms with Gasteiger partial charge < -0.3 is 24.8 Å². The Bertz CT molecular complexity index is 1090. The zero-order valence-corrected chi connectivity index (χ0v) is 18.8. The Hall–Kier alpha value is -3.40. The molecule has 0 amide bonds. The van der Waals surface area contributed by atoms with Crippen LogP contribution >= 0.6 is 11.6 Å². The van der Waals surface area contributed by atoms with Crippen LogP contribution in [0.25, 0.3) is 0 Å². The first kappa shape index (κ1) is 24.2. The van der Waals surface area contributed by atoms with Crippen molar-refractivity contribution in [1.82, 2.24) is 9.97 Å². The van der Waals surface area contributed by atoms with E-state index in [1.807, 2.05) is 12.1 Å². The van der Waals surface area contributed by atoms with Crippen molar-refractivity contribution < 1.29 is 27.4 Å². The molecule has 7 nitrogen and oxygen atoms in total. The highest BCUT2D eigenvalue weighted by Crippen LogP contribution is 2.41. The van der Waals surface area contributed by atoms with Crippen molar-refractivity contribution in [2.75, 3.05) is 38.5 Å². The van der Waals surface area contributed by atoms with E-state index >= 15 is 0 Å². The van der Waals surface area contributed by atoms with E-state index in [9.17, 15) is 13.2 Å². The van der Waals surface area contributed by atoms with Crippen molar-refractivity contribution in [3.05, 3.63) is 58.7 Å². The lowest BCUT2D eigenvalue weighted by Crippen LogP contribution is -2.16. The number of hydrogen-bond donors (Lipinski definition) is 2. The number of methoxy groups -OCH3 is 3. The van der Waals surface area contributed by atoms with Gasteiger partial charge >= 0.3 is 6.18 Å². The number of hydrogen-bond acceptors (Lipinski definition) is 7. The molecule has 2 aromatic carbocycles. The third kappa shape index (κ3) is 5.89. The van der Waals surface area contributed by atoms with Crippen LogP contribution < -0.4 is 24.8 Å². The average Bonchev–Trinajstić information content (AvgIpc) is 2.79. The van der Waals surface area contributed by atoms with E-state index in [4.69, 9.17) is 25.8 Å². The second-order valence-corrected chi connectivity index (χ2v) is 7.17. The summed E-state index contributed by atoms with van der Waals surface area (Å²) in [5, 5.41) is 6.16. The van der Waals surface area contributed by atoms with Gasteiger partial charge in [-0.15, -0.1) is 0 Å². The predicted molar refractivity (Wildman–Crippen MR) is 120 cm³/mol. The summed E-state index contributed by atoms with van der Waals surface area (Å²) in [6, 6.07) is 10.3. The summed E-state index contributed by atoms with van der Waals surface area (Å²) < 4.78 is 56.3. The van der Waals surface area contributed by atoms with Crippen molar-refractivity contribution in [2.24, 2.45) is 0 Å². The fraction of sp³-hybridized carbons (Fsp3) is 0.273. The second kappa shape index (κ2) is 10.5. The van der Waals surface area contributed by atoms with Crippen molar-refractivity contribution in [2.45, 2.75) is 12.6 Å². The van der Waals surface area contributed by atoms with E-state index in [-0.39, 0.29) is 18.3 Å². The summed E-state index contributed by atoms with van der Waals surface area (Å²) in [5.41, 5.74) is 0.272. The number of alkyl halides is 3. The van der Waals surface area contributed by atoms with Gasteiger partial charge in [0, 0.05) is 35.6 Å². The van der Waals surface area contributed by atoms with Gasteiger partial charge in [0.2, 0.25) is 11.7 Å². The third-order valence-electron chi connectivity index (χ3n) is 4.66. The SMILES string of the molecule is COc1cc(Nc2ncc(C(F)(F)F)c(NCCc3ccccc3Cl)n2)cc(OC)c1OC. The number of nitrogens with one attached hydrogen (secondary N) is 2. The van der Waals surface area contributed by atoms with Crippen LogP contribution in [0.3, 0.4) is 0 Å². The fourth-order valence-corrected chi connectivity index (χ4v) is 3.31. The Morgan fingerprint density at radius 1 is 1.00 bits per heavy atom. The summed E-state index contributed by atoms with van der Waals surface area (Å²) in [7, 11) is 4.38. The first-order valence-corrected chi connectivity index (χ1v) is 10.1. The van der Waals surface area contributed by atoms with E-state index in [1.54, 1.807) is 24.3 Å². The topological polar surface area (TPSA) is 77.5 Å². The van der Waals surface area contributed by atoms with Gasteiger partial charge in [-0.05, 0) is 18.1 Å². The summed E-state index contributed by atoms with van der Waals surface area (Å²) in [4.78, 5) is 7.86. The van der Waals surface area contributed by atoms with Gasteiger partial charge in [-0.3, -0.25) is 0 Å². The lowest BCUT2D eigenvalue weighted by Gasteiger charge is -2.16. The van der Waals surface area contributed by atoms with E-state index < -0.39 is 11.7 Å². The molecule has 33 heavy (non-hydrogen) atoms. The van der Waals surface area contributed by atoms with Crippen LogP contribution in [0.4, 0.5) is 30.6 Å². The molecule has 0 spiro atoms. The Labute approximate surface area is 193 Å². The summed E-state index contributed by atoms with van der Waals surface area (Å²) >= 11 is 6.12. The van der Waals surface area contributed by atoms with Gasteiger partial charge in [-0.2, -0.15) is 18.2 Å². The molecule has 0 saturated carbocycles. The number of aromatic nitrogens is 2. The summed E-state index contributed by atoms with van der Waals surface area (Å²) in [6.45, 7) is 0.188. The number of rotatable bonds is 9. The van der Waals surface area contributed by atoms with E-state index in [0.717, 1.165) is 11.8 Å². The Balaban J connectivity index is 1.86. The molecule has 2 N–H and O–H groups in total. The summed E-state index contributed by atoms with van der Waals surface area (Å²) in [5.74, 6) is 0.714. The van der Waals surface area contributed by atoms with Gasteiger partial charge in [-0.1, -0.05) is 29.8 Å². The predicted octanol–water partition coefficient (Wildman–Crippen LogP) is 5.57. The zero-order valence-electron chi connectivity index (χ0n) is 18.1. The minimum atomic E-state index is -4.63. The number of ether oxygens (including phenoxy) is 3. The molecule has 0 bridgehead atoms. The van der Waals surface area contributed by atoms with Crippen LogP contribution in [0, 0.1) is 0 Å². The van der Waals surface area contributed by atoms with Crippen molar-refractivity contribution in [1.29, 1.82) is 0 Å². The highest BCUT2D eigenvalue weighted by molar-refractivity contribution is 6.31. The van der Waals surface area contributed by atoms with Crippen LogP contribution in [0.1, 0.15) is 11.1 Å². The Morgan fingerprint density at radius 2 is 1.67 bits per heavy atom. The molecule has 3 rings (SSSR count). The summed E-state index contributed by atoms with van der Waals surface area (Å²) in [6.07, 6.45) is -3.49. The molecular formula is C22H22ClF3N4O3. The molecule has 3 aromatic rings. The van der Waals surface area contributed by atoms with E-state index in [2.05, 4.69) is 20.6 Å². The van der Waals surface area contributed by atoms with Gasteiger partial charge in [0.25, 0.3) is 0 Å². The van der Waals surface area contributed by atoms with Crippen molar-refractivity contribution in [3.8, 4) is 17.2 Å². The molecule has 0 saturated heterocycles. The number of nitrogens with zero attached hydrogens (tertiary/aromatic N) is 2. The highest BCUT2D eigenvalue weighted by atomic mass is 35.5. The van der Waals surface area contributed by atoms with Gasteiger partial charge in [0.05, 0.1) is 21.3 Å². The zero-order chi connectivity index (χ0) is 24.0. The quantitative estimate of drug-likeness (QED) is 0.412. The van der Waals surface area contributed by atoms with E-state index in [1.165, 1.54) is 21.3 Å². The molecule has 0 radical (unpaired) electrons. The standard InChI is InChI=1S/C22H22ClF3N4O3/c1-31-17-10-14(11-18(32-2)19(17)33-3)29-21-28-12-15(22(24,25)26)20(30-21)27-9-8-13-6-4-5-7-16(13)23/h4-7,10-12H,8-9H2,1-3H3,(H2,27,28,29,30). The van der Waals surface area contributed by atoms with Crippen LogP contribution in [0.5, 0.6) is 17.2 Å². The van der Waals surface area contributed by atoms with Crippen LogP contribution in [-0.2, 0) is 12.6 Å². The lowest BCUT2D eigenvalue weighted by atomic mass is 10.1. The normalized spacial score (nSPS) is 11.1. The maximum atomic E-state index is 13.5. The maximum Gasteiger partial charge on any atom is 0.421 e. The molecule has 176 valence electrons. The Kier molecular flexibility index (Phi) is 7.70. The van der Waals surface area contributed by atoms with Crippen LogP contribution in [-0.4, -0.2) is 37.8 Å². The lowest BCUT2D eigenvalue weighted by molar-refractivity contribution is -0.137. The molecule has 0 fully saturated rings. The first-order chi connectivity index (χ1) is 15.8. The van der Waals surface area contributed by atoms with E-state index in [0.29, 0.717) is 34.4 Å². The minimum absolute atomic E-state index is 0.0440. The van der Waals surface area contributed by atoms with Crippen molar-refractivity contribution >= 4 is 29.1 Å². The molecule has 1 heterocycles. The molecular weight excluding hydrogens is 461 g/mol. The fourth-order valence-electron chi connectivity index (χ4n) is 3.08. The number of benzene rings is 2. The van der Waals surface area contributed by atoms with Crippen LogP contribution in [0.15, 0.2) is 42.6 Å². The van der Waals surface area contributed by atoms with Crippen LogP contribution in [0.2, 0.25) is 5.02 Å². The number of anilines is 3. The monoisotopic (exact) mass is 482 g/mol. The van der Waals surface area contributed by atoms with Crippen molar-refractivity contribution in [3.63, 3.8) is 0 Å². The molecule has 0 atom stereocenters. The molecule has 1 aromatic heterocycles. The minimum Gasteiger partial charge on any atom is -0.493 e. The molecule has 0 unspecified atom stereocenters. The first-order valence-electron chi connectivity index (χ1n) is 9.75. The largest absolute Gasteiger partial charge is 0.493 e. The molecule has 0 aliphatic rings. The number of halogens is 4. The van der Waals surface area contributed by atoms with Gasteiger partial charge in [0.1, 0.15) is 11.4 Å². The Morgan fingerprint density at radius 3 is 2.24 bits per heavy atom. The smallest absolute Gasteiger partial charge is 0.421 e. The molecule has 11 heteroatoms. The van der Waals surface area contributed by atoms with Gasteiger partial charge in [-0.25, -0.2) is 4.98 Å². The maximum absolute atomic E-state index is 13.5. The highest BCUT2D eigenvalue weighted by Gasteiger charge is 2.35. The van der Waals surface area contributed by atoms with Gasteiger partial charge in [0.15, 0.2) is 11.5 Å². The average molecular weight is 483 g/mol.